The van der Waals surface area contributed by atoms with Crippen LogP contribution in [0.1, 0.15) is 12.7 Å². The Morgan fingerprint density at radius 1 is 1.22 bits per heavy atom. The van der Waals surface area contributed by atoms with Crippen LogP contribution in [-0.4, -0.2) is 33.9 Å². The van der Waals surface area contributed by atoms with Crippen molar-refractivity contribution < 1.29 is 9.53 Å². The fourth-order valence-corrected chi connectivity index (χ4v) is 3.05. The highest BCUT2D eigenvalue weighted by Crippen LogP contribution is 2.27. The van der Waals surface area contributed by atoms with Crippen LogP contribution in [0.25, 0.3) is 10.9 Å². The van der Waals surface area contributed by atoms with Gasteiger partial charge in [-0.15, -0.1) is 0 Å². The Hall–Kier alpha value is -2.57. The van der Waals surface area contributed by atoms with Crippen LogP contribution in [0.2, 0.25) is 10.0 Å². The van der Waals surface area contributed by atoms with Gasteiger partial charge < -0.3 is 14.6 Å². The molecule has 3 rings (SSSR count). The summed E-state index contributed by atoms with van der Waals surface area (Å²) in [5, 5.41) is 1.33. The van der Waals surface area contributed by atoms with Crippen molar-refractivity contribution >= 4 is 40.0 Å². The summed E-state index contributed by atoms with van der Waals surface area (Å²) >= 11 is 11.9. The summed E-state index contributed by atoms with van der Waals surface area (Å²) in [4.78, 5) is 33.3. The molecule has 2 aromatic carbocycles. The van der Waals surface area contributed by atoms with Crippen LogP contribution in [0, 0.1) is 0 Å². The van der Waals surface area contributed by atoms with Gasteiger partial charge in [-0.2, -0.15) is 0 Å². The molecule has 1 heterocycles. The number of rotatable bonds is 6. The third-order valence-corrected chi connectivity index (χ3v) is 4.51. The molecule has 140 valence electrons. The highest BCUT2D eigenvalue weighted by atomic mass is 35.5. The molecule has 0 bridgehead atoms. The van der Waals surface area contributed by atoms with Crippen LogP contribution in [0.3, 0.4) is 0 Å². The van der Waals surface area contributed by atoms with Gasteiger partial charge in [0.25, 0.3) is 11.5 Å². The number of carbonyl (C=O) groups excluding carboxylic acids is 1. The molecule has 27 heavy (non-hydrogen) atoms. The molecule has 1 aromatic heterocycles. The van der Waals surface area contributed by atoms with E-state index in [2.05, 4.69) is 9.97 Å². The number of ether oxygens (including phenoxy) is 1. The summed E-state index contributed by atoms with van der Waals surface area (Å²) in [6, 6.07) is 11.8. The number of H-pyrrole nitrogens is 1. The average Bonchev–Trinajstić information content (AvgIpc) is 2.65. The van der Waals surface area contributed by atoms with E-state index in [1.165, 1.54) is 4.90 Å². The number of hydrogen-bond donors (Lipinski definition) is 1. The van der Waals surface area contributed by atoms with Crippen molar-refractivity contribution in [2.45, 2.75) is 13.5 Å². The zero-order valence-corrected chi connectivity index (χ0v) is 16.0. The third-order valence-electron chi connectivity index (χ3n) is 3.98. The van der Waals surface area contributed by atoms with Crippen molar-refractivity contribution in [3.05, 3.63) is 68.7 Å². The number of halogens is 2. The minimum Gasteiger partial charge on any atom is -0.482 e. The molecule has 3 aromatic rings. The highest BCUT2D eigenvalue weighted by molar-refractivity contribution is 6.35. The number of nitrogens with zero attached hydrogens (tertiary/aromatic N) is 2. The summed E-state index contributed by atoms with van der Waals surface area (Å²) in [6.45, 7) is 2.26. The Morgan fingerprint density at radius 2 is 2.00 bits per heavy atom. The number of para-hydroxylation sites is 1. The Labute approximate surface area is 165 Å². The Morgan fingerprint density at radius 3 is 2.74 bits per heavy atom. The second-order valence-electron chi connectivity index (χ2n) is 5.80. The van der Waals surface area contributed by atoms with Crippen molar-refractivity contribution in [1.82, 2.24) is 14.9 Å². The molecule has 1 N–H and O–H groups in total. The second kappa shape index (κ2) is 8.41. The number of carbonyl (C=O) groups is 1. The number of nitrogens with one attached hydrogen (secondary N) is 1. The number of hydrogen-bond acceptors (Lipinski definition) is 4. The maximum atomic E-state index is 12.5. The minimum absolute atomic E-state index is 0.174. The quantitative estimate of drug-likeness (QED) is 0.678. The Bertz CT molecular complexity index is 1040. The maximum Gasteiger partial charge on any atom is 0.260 e. The van der Waals surface area contributed by atoms with Gasteiger partial charge in [0.15, 0.2) is 6.61 Å². The Kier molecular flexibility index (Phi) is 5.98. The van der Waals surface area contributed by atoms with Gasteiger partial charge in [0, 0.05) is 11.6 Å². The first-order chi connectivity index (χ1) is 13.0. The van der Waals surface area contributed by atoms with Crippen LogP contribution in [0.15, 0.2) is 47.3 Å². The first-order valence-electron chi connectivity index (χ1n) is 8.31. The minimum atomic E-state index is -0.251. The summed E-state index contributed by atoms with van der Waals surface area (Å²) in [6.07, 6.45) is 0. The molecule has 1 amide bonds. The molecule has 0 saturated heterocycles. The van der Waals surface area contributed by atoms with Crippen molar-refractivity contribution in [3.8, 4) is 5.75 Å². The lowest BCUT2D eigenvalue weighted by molar-refractivity contribution is -0.133. The zero-order valence-electron chi connectivity index (χ0n) is 14.5. The van der Waals surface area contributed by atoms with Crippen LogP contribution in [-0.2, 0) is 11.3 Å². The number of fused-ring (bicyclic) bond motifs is 1. The summed E-state index contributed by atoms with van der Waals surface area (Å²) in [7, 11) is 0. The lowest BCUT2D eigenvalue weighted by Crippen LogP contribution is -2.35. The van der Waals surface area contributed by atoms with E-state index in [0.29, 0.717) is 39.1 Å². The van der Waals surface area contributed by atoms with Crippen molar-refractivity contribution in [3.63, 3.8) is 0 Å². The summed E-state index contributed by atoms with van der Waals surface area (Å²) in [5.74, 6) is 0.542. The fraction of sp³-hybridized carbons (Fsp3) is 0.211. The van der Waals surface area contributed by atoms with Gasteiger partial charge in [0.2, 0.25) is 0 Å². The number of benzene rings is 2. The van der Waals surface area contributed by atoms with E-state index in [1.807, 2.05) is 13.0 Å². The molecule has 0 aliphatic rings. The van der Waals surface area contributed by atoms with Gasteiger partial charge in [0.1, 0.15) is 11.6 Å². The van der Waals surface area contributed by atoms with Gasteiger partial charge in [-0.05, 0) is 37.3 Å². The molecular weight excluding hydrogens is 389 g/mol. The number of aromatic nitrogens is 2. The molecular formula is C19H17Cl2N3O3. The number of amides is 1. The summed E-state index contributed by atoms with van der Waals surface area (Å²) < 4.78 is 5.49. The van der Waals surface area contributed by atoms with E-state index in [4.69, 9.17) is 27.9 Å². The van der Waals surface area contributed by atoms with Crippen LogP contribution < -0.4 is 10.3 Å². The standard InChI is InChI=1S/C19H17Cl2N3O3/c1-2-24(18(25)11-27-16-8-7-12(20)9-14(16)21)10-17-22-15-6-4-3-5-13(15)19(26)23-17/h3-9H,2,10-11H2,1H3,(H,22,23,26). The lowest BCUT2D eigenvalue weighted by Gasteiger charge is -2.20. The molecule has 0 spiro atoms. The van der Waals surface area contributed by atoms with E-state index in [1.54, 1.807) is 36.4 Å². The highest BCUT2D eigenvalue weighted by Gasteiger charge is 2.16. The van der Waals surface area contributed by atoms with E-state index in [-0.39, 0.29) is 24.6 Å². The van der Waals surface area contributed by atoms with Gasteiger partial charge >= 0.3 is 0 Å². The monoisotopic (exact) mass is 405 g/mol. The normalized spacial score (nSPS) is 10.8. The summed E-state index contributed by atoms with van der Waals surface area (Å²) in [5.41, 5.74) is 0.354. The van der Waals surface area contributed by atoms with Gasteiger partial charge in [0.05, 0.1) is 22.5 Å². The molecule has 8 heteroatoms. The zero-order chi connectivity index (χ0) is 19.4. The lowest BCUT2D eigenvalue weighted by atomic mass is 10.2. The SMILES string of the molecule is CCN(Cc1nc2ccccc2c(=O)[nH]1)C(=O)COc1ccc(Cl)cc1Cl. The predicted octanol–water partition coefficient (Wildman–Crippen LogP) is 3.66. The van der Waals surface area contributed by atoms with E-state index < -0.39 is 0 Å². The van der Waals surface area contributed by atoms with Crippen LogP contribution in [0.5, 0.6) is 5.75 Å². The van der Waals surface area contributed by atoms with E-state index in [0.717, 1.165) is 0 Å². The largest absolute Gasteiger partial charge is 0.482 e. The first-order valence-corrected chi connectivity index (χ1v) is 9.07. The van der Waals surface area contributed by atoms with Crippen LogP contribution in [0.4, 0.5) is 0 Å². The smallest absolute Gasteiger partial charge is 0.260 e. The maximum absolute atomic E-state index is 12.5. The van der Waals surface area contributed by atoms with Crippen molar-refractivity contribution in [2.75, 3.05) is 13.2 Å². The molecule has 0 radical (unpaired) electrons. The molecule has 0 aliphatic heterocycles. The second-order valence-corrected chi connectivity index (χ2v) is 6.64. The van der Waals surface area contributed by atoms with Crippen molar-refractivity contribution in [2.24, 2.45) is 0 Å². The number of likely N-dealkylation sites (N-methyl/N-ethyl adjacent to an activating group) is 1. The molecule has 0 aliphatic carbocycles. The molecule has 0 saturated carbocycles. The molecule has 0 fully saturated rings. The third kappa shape index (κ3) is 4.59. The van der Waals surface area contributed by atoms with Gasteiger partial charge in [-0.25, -0.2) is 4.98 Å². The van der Waals surface area contributed by atoms with E-state index >= 15 is 0 Å². The number of aromatic amines is 1. The average molecular weight is 406 g/mol. The van der Waals surface area contributed by atoms with Crippen LogP contribution >= 0.6 is 23.2 Å². The molecule has 0 unspecified atom stereocenters. The predicted molar refractivity (Wildman–Crippen MR) is 105 cm³/mol. The van der Waals surface area contributed by atoms with Gasteiger partial charge in [-0.3, -0.25) is 9.59 Å². The molecule has 0 atom stereocenters. The molecule has 6 nitrogen and oxygen atoms in total. The Balaban J connectivity index is 1.71. The van der Waals surface area contributed by atoms with E-state index in [9.17, 15) is 9.59 Å². The first kappa shape index (κ1) is 19.2. The van der Waals surface area contributed by atoms with Gasteiger partial charge in [-0.1, -0.05) is 35.3 Å². The topological polar surface area (TPSA) is 75.3 Å². The fourth-order valence-electron chi connectivity index (χ4n) is 2.59. The van der Waals surface area contributed by atoms with Crippen molar-refractivity contribution in [1.29, 1.82) is 0 Å².